The molecule has 1 aliphatic rings. The highest BCUT2D eigenvalue weighted by molar-refractivity contribution is 5.94. The van der Waals surface area contributed by atoms with Gasteiger partial charge >= 0.3 is 0 Å². The lowest BCUT2D eigenvalue weighted by Crippen LogP contribution is -2.31. The molecule has 0 heterocycles. The van der Waals surface area contributed by atoms with Gasteiger partial charge in [-0.15, -0.1) is 0 Å². The Labute approximate surface area is 123 Å². The number of aryl methyl sites for hydroxylation is 1. The van der Waals surface area contributed by atoms with Crippen LogP contribution in [0.2, 0.25) is 0 Å². The molecule has 0 saturated carbocycles. The lowest BCUT2D eigenvalue weighted by Gasteiger charge is -2.26. The number of nitrogen functional groups attached to an aromatic ring is 1. The molecule has 3 nitrogen and oxygen atoms in total. The fourth-order valence-electron chi connectivity index (χ4n) is 2.87. The van der Waals surface area contributed by atoms with Gasteiger partial charge in [0.25, 0.3) is 5.91 Å². The summed E-state index contributed by atoms with van der Waals surface area (Å²) in [6.07, 6.45) is 2.81. The Morgan fingerprint density at radius 2 is 2.05 bits per heavy atom. The maximum Gasteiger partial charge on any atom is 0.254 e. The van der Waals surface area contributed by atoms with Gasteiger partial charge in [-0.1, -0.05) is 18.2 Å². The largest absolute Gasteiger partial charge is 0.399 e. The number of nitrogens with two attached hydrogens (primary N) is 1. The van der Waals surface area contributed by atoms with Crippen molar-refractivity contribution in [3.05, 3.63) is 65.0 Å². The van der Waals surface area contributed by atoms with Crippen molar-refractivity contribution in [3.8, 4) is 0 Å². The lowest BCUT2D eigenvalue weighted by molar-refractivity contribution is 0.0928. The zero-order chi connectivity index (χ0) is 14.8. The average Bonchev–Trinajstić information content (AvgIpc) is 2.47. The van der Waals surface area contributed by atoms with E-state index >= 15 is 0 Å². The van der Waals surface area contributed by atoms with E-state index in [1.807, 2.05) is 18.2 Å². The third-order valence-electron chi connectivity index (χ3n) is 3.91. The van der Waals surface area contributed by atoms with Gasteiger partial charge in [-0.25, -0.2) is 4.39 Å². The number of halogens is 1. The third-order valence-corrected chi connectivity index (χ3v) is 3.91. The SMILES string of the molecule is Nc1ccc2c(c1)CCCC2NC(=O)c1ccccc1F. The molecule has 2 aromatic rings. The second-order valence-corrected chi connectivity index (χ2v) is 5.36. The molecule has 21 heavy (non-hydrogen) atoms. The molecule has 1 unspecified atom stereocenters. The molecule has 0 radical (unpaired) electrons. The number of anilines is 1. The molecule has 0 bridgehead atoms. The Morgan fingerprint density at radius 3 is 2.86 bits per heavy atom. The Kier molecular flexibility index (Phi) is 3.60. The van der Waals surface area contributed by atoms with E-state index < -0.39 is 5.82 Å². The smallest absolute Gasteiger partial charge is 0.254 e. The van der Waals surface area contributed by atoms with E-state index in [9.17, 15) is 9.18 Å². The van der Waals surface area contributed by atoms with E-state index in [0.29, 0.717) is 0 Å². The third kappa shape index (κ3) is 2.75. The molecule has 0 spiro atoms. The Balaban J connectivity index is 1.84. The first-order valence-electron chi connectivity index (χ1n) is 7.09. The van der Waals surface area contributed by atoms with Gasteiger partial charge in [0, 0.05) is 5.69 Å². The quantitative estimate of drug-likeness (QED) is 0.832. The van der Waals surface area contributed by atoms with Crippen molar-refractivity contribution >= 4 is 11.6 Å². The molecule has 1 amide bonds. The van der Waals surface area contributed by atoms with Gasteiger partial charge in [-0.3, -0.25) is 4.79 Å². The molecule has 0 fully saturated rings. The minimum absolute atomic E-state index is 0.0820. The standard InChI is InChI=1S/C17H17FN2O/c18-15-6-2-1-5-14(15)17(21)20-16-7-3-4-11-10-12(19)8-9-13(11)16/h1-2,5-6,8-10,16H,3-4,7,19H2,(H,20,21). The van der Waals surface area contributed by atoms with Crippen molar-refractivity contribution in [3.63, 3.8) is 0 Å². The molecule has 2 aromatic carbocycles. The average molecular weight is 284 g/mol. The van der Waals surface area contributed by atoms with Crippen molar-refractivity contribution in [2.75, 3.05) is 5.73 Å². The summed E-state index contributed by atoms with van der Waals surface area (Å²) in [5, 5.41) is 2.93. The highest BCUT2D eigenvalue weighted by Gasteiger charge is 2.23. The number of carbonyl (C=O) groups excluding carboxylic acids is 1. The Morgan fingerprint density at radius 1 is 1.24 bits per heavy atom. The molecule has 0 aromatic heterocycles. The molecule has 0 saturated heterocycles. The predicted octanol–water partition coefficient (Wildman–Crippen LogP) is 3.22. The van der Waals surface area contributed by atoms with Crippen molar-refractivity contribution in [2.45, 2.75) is 25.3 Å². The molecule has 108 valence electrons. The molecular weight excluding hydrogens is 267 g/mol. The van der Waals surface area contributed by atoms with Crippen LogP contribution in [-0.4, -0.2) is 5.91 Å². The molecule has 0 aliphatic heterocycles. The number of carbonyl (C=O) groups is 1. The molecule has 4 heteroatoms. The summed E-state index contributed by atoms with van der Waals surface area (Å²) in [6, 6.07) is 11.7. The summed E-state index contributed by atoms with van der Waals surface area (Å²) < 4.78 is 13.7. The van der Waals surface area contributed by atoms with E-state index in [0.717, 1.165) is 30.5 Å². The summed E-state index contributed by atoms with van der Waals surface area (Å²) >= 11 is 0. The second-order valence-electron chi connectivity index (χ2n) is 5.36. The van der Waals surface area contributed by atoms with E-state index in [1.54, 1.807) is 12.1 Å². The first-order valence-corrected chi connectivity index (χ1v) is 7.09. The van der Waals surface area contributed by atoms with E-state index in [2.05, 4.69) is 5.32 Å². The van der Waals surface area contributed by atoms with Crippen LogP contribution in [0, 0.1) is 5.82 Å². The highest BCUT2D eigenvalue weighted by Crippen LogP contribution is 2.31. The van der Waals surface area contributed by atoms with Crippen LogP contribution in [0.1, 0.15) is 40.4 Å². The molecule has 1 atom stereocenters. The van der Waals surface area contributed by atoms with Crippen molar-refractivity contribution in [1.82, 2.24) is 5.32 Å². The molecule has 1 aliphatic carbocycles. The normalized spacial score (nSPS) is 17.1. The van der Waals surface area contributed by atoms with Crippen LogP contribution in [0.15, 0.2) is 42.5 Å². The van der Waals surface area contributed by atoms with E-state index in [-0.39, 0.29) is 17.5 Å². The fraction of sp³-hybridized carbons (Fsp3) is 0.235. The molecular formula is C17H17FN2O. The minimum Gasteiger partial charge on any atom is -0.399 e. The van der Waals surface area contributed by atoms with Gasteiger partial charge in [-0.2, -0.15) is 0 Å². The van der Waals surface area contributed by atoms with Gasteiger partial charge in [0.05, 0.1) is 11.6 Å². The van der Waals surface area contributed by atoms with Gasteiger partial charge < -0.3 is 11.1 Å². The van der Waals surface area contributed by atoms with Crippen LogP contribution in [0.25, 0.3) is 0 Å². The number of fused-ring (bicyclic) bond motifs is 1. The van der Waals surface area contributed by atoms with E-state index in [4.69, 9.17) is 5.73 Å². The van der Waals surface area contributed by atoms with Gasteiger partial charge in [0.1, 0.15) is 5.82 Å². The second kappa shape index (κ2) is 5.56. The summed E-state index contributed by atoms with van der Waals surface area (Å²) in [5.74, 6) is -0.869. The molecule has 3 rings (SSSR count). The van der Waals surface area contributed by atoms with Crippen LogP contribution in [0.4, 0.5) is 10.1 Å². The van der Waals surface area contributed by atoms with Crippen LogP contribution < -0.4 is 11.1 Å². The van der Waals surface area contributed by atoms with Gasteiger partial charge in [-0.05, 0) is 54.7 Å². The van der Waals surface area contributed by atoms with Crippen molar-refractivity contribution in [1.29, 1.82) is 0 Å². The summed E-state index contributed by atoms with van der Waals surface area (Å²) in [7, 11) is 0. The van der Waals surface area contributed by atoms with E-state index in [1.165, 1.54) is 17.7 Å². The fourth-order valence-corrected chi connectivity index (χ4v) is 2.87. The van der Waals surface area contributed by atoms with Crippen LogP contribution in [-0.2, 0) is 6.42 Å². The first kappa shape index (κ1) is 13.6. The number of hydrogen-bond acceptors (Lipinski definition) is 2. The summed E-state index contributed by atoms with van der Waals surface area (Å²) in [4.78, 5) is 12.2. The van der Waals surface area contributed by atoms with Crippen molar-refractivity contribution < 1.29 is 9.18 Å². The Hall–Kier alpha value is -2.36. The number of amides is 1. The van der Waals surface area contributed by atoms with Gasteiger partial charge in [0.2, 0.25) is 0 Å². The Bertz CT molecular complexity index is 684. The number of rotatable bonds is 2. The maximum atomic E-state index is 13.7. The zero-order valence-electron chi connectivity index (χ0n) is 11.6. The van der Waals surface area contributed by atoms with Crippen LogP contribution in [0.3, 0.4) is 0 Å². The molecule has 3 N–H and O–H groups in total. The monoisotopic (exact) mass is 284 g/mol. The number of nitrogens with one attached hydrogen (secondary N) is 1. The van der Waals surface area contributed by atoms with Crippen LogP contribution >= 0.6 is 0 Å². The number of hydrogen-bond donors (Lipinski definition) is 2. The highest BCUT2D eigenvalue weighted by atomic mass is 19.1. The maximum absolute atomic E-state index is 13.7. The number of benzene rings is 2. The predicted molar refractivity (Wildman–Crippen MR) is 80.4 cm³/mol. The summed E-state index contributed by atoms with van der Waals surface area (Å²) in [6.45, 7) is 0. The first-order chi connectivity index (χ1) is 10.1. The van der Waals surface area contributed by atoms with Crippen LogP contribution in [0.5, 0.6) is 0 Å². The topological polar surface area (TPSA) is 55.1 Å². The van der Waals surface area contributed by atoms with Gasteiger partial charge in [0.15, 0.2) is 0 Å². The zero-order valence-corrected chi connectivity index (χ0v) is 11.6. The summed E-state index contributed by atoms with van der Waals surface area (Å²) in [5.41, 5.74) is 8.87. The lowest BCUT2D eigenvalue weighted by atomic mass is 9.87. The van der Waals surface area contributed by atoms with Crippen molar-refractivity contribution in [2.24, 2.45) is 0 Å². The minimum atomic E-state index is -0.497.